The van der Waals surface area contributed by atoms with E-state index < -0.39 is 0 Å². The molecule has 1 heterocycles. The van der Waals surface area contributed by atoms with Crippen LogP contribution in [0, 0.1) is 0 Å². The van der Waals surface area contributed by atoms with E-state index in [0.29, 0.717) is 22.2 Å². The average Bonchev–Trinajstić information content (AvgIpc) is 2.63. The van der Waals surface area contributed by atoms with Crippen LogP contribution in [0.2, 0.25) is 5.02 Å². The van der Waals surface area contributed by atoms with Gasteiger partial charge in [-0.25, -0.2) is 0 Å². The highest BCUT2D eigenvalue weighted by molar-refractivity contribution is 6.32. The highest BCUT2D eigenvalue weighted by Gasteiger charge is 2.21. The molecule has 0 spiro atoms. The van der Waals surface area contributed by atoms with E-state index in [9.17, 15) is 4.79 Å². The van der Waals surface area contributed by atoms with E-state index in [1.807, 2.05) is 23.1 Å². The first-order valence-electron chi connectivity index (χ1n) is 8.37. The Morgan fingerprint density at radius 1 is 1.26 bits per heavy atom. The van der Waals surface area contributed by atoms with Crippen LogP contribution in [0.1, 0.15) is 12.0 Å². The van der Waals surface area contributed by atoms with Crippen LogP contribution in [0.15, 0.2) is 30.3 Å². The molecule has 0 aliphatic carbocycles. The molecule has 1 amide bonds. The Kier molecular flexibility index (Phi) is 7.05. The predicted octanol–water partition coefficient (Wildman–Crippen LogP) is 3.75. The summed E-state index contributed by atoms with van der Waals surface area (Å²) in [5.41, 5.74) is 9.49. The van der Waals surface area contributed by atoms with E-state index in [4.69, 9.17) is 26.8 Å². The normalized spacial score (nSPS) is 12.6. The summed E-state index contributed by atoms with van der Waals surface area (Å²) in [5, 5.41) is 3.30. The number of ether oxygens (including phenoxy) is 2. The zero-order valence-electron chi connectivity index (χ0n) is 15.3. The fourth-order valence-electron chi connectivity index (χ4n) is 3.21. The SMILES string of the molecule is COc1cc(NC(=O)CN2CCCc3c(N)cccc32)c(OC)cc1Cl.Cl. The van der Waals surface area contributed by atoms with Gasteiger partial charge in [-0.05, 0) is 30.5 Å². The summed E-state index contributed by atoms with van der Waals surface area (Å²) >= 11 is 6.11. The molecule has 1 aliphatic heterocycles. The number of methoxy groups -OCH3 is 2. The van der Waals surface area contributed by atoms with Crippen molar-refractivity contribution in [3.8, 4) is 11.5 Å². The lowest BCUT2D eigenvalue weighted by atomic mass is 10.00. The van der Waals surface area contributed by atoms with Crippen molar-refractivity contribution < 1.29 is 14.3 Å². The van der Waals surface area contributed by atoms with Gasteiger partial charge in [-0.3, -0.25) is 4.79 Å². The molecule has 0 bridgehead atoms. The summed E-state index contributed by atoms with van der Waals surface area (Å²) in [6, 6.07) is 9.09. The van der Waals surface area contributed by atoms with Gasteiger partial charge >= 0.3 is 0 Å². The van der Waals surface area contributed by atoms with Gasteiger partial charge in [0.25, 0.3) is 0 Å². The van der Waals surface area contributed by atoms with Crippen molar-refractivity contribution in [2.45, 2.75) is 12.8 Å². The van der Waals surface area contributed by atoms with Gasteiger partial charge in [-0.1, -0.05) is 17.7 Å². The van der Waals surface area contributed by atoms with Crippen molar-refractivity contribution in [2.75, 3.05) is 43.3 Å². The largest absolute Gasteiger partial charge is 0.495 e. The number of amides is 1. The molecule has 27 heavy (non-hydrogen) atoms. The predicted molar refractivity (Wildman–Crippen MR) is 112 cm³/mol. The van der Waals surface area contributed by atoms with Crippen molar-refractivity contribution in [1.29, 1.82) is 0 Å². The van der Waals surface area contributed by atoms with Gasteiger partial charge in [0, 0.05) is 30.1 Å². The lowest BCUT2D eigenvalue weighted by molar-refractivity contribution is -0.115. The van der Waals surface area contributed by atoms with Crippen molar-refractivity contribution in [2.24, 2.45) is 0 Å². The van der Waals surface area contributed by atoms with Crippen LogP contribution in [0.5, 0.6) is 11.5 Å². The minimum atomic E-state index is -0.150. The molecule has 0 radical (unpaired) electrons. The van der Waals surface area contributed by atoms with Gasteiger partial charge < -0.3 is 25.4 Å². The standard InChI is InChI=1S/C19H22ClN3O3.ClH/c1-25-17-10-15(18(26-2)9-13(17)20)22-19(24)11-23-8-4-5-12-14(21)6-3-7-16(12)23;/h3,6-7,9-10H,4-5,8,11,21H2,1-2H3,(H,22,24);1H. The Morgan fingerprint density at radius 3 is 2.70 bits per heavy atom. The fraction of sp³-hybridized carbons (Fsp3) is 0.316. The minimum Gasteiger partial charge on any atom is -0.495 e. The second-order valence-corrected chi connectivity index (χ2v) is 6.51. The minimum absolute atomic E-state index is 0. The number of anilines is 3. The summed E-state index contributed by atoms with van der Waals surface area (Å²) in [6.45, 7) is 1.04. The summed E-state index contributed by atoms with van der Waals surface area (Å²) in [5.74, 6) is 0.800. The summed E-state index contributed by atoms with van der Waals surface area (Å²) in [4.78, 5) is 14.7. The number of benzene rings is 2. The van der Waals surface area contributed by atoms with Crippen LogP contribution < -0.4 is 25.4 Å². The molecule has 0 atom stereocenters. The average molecular weight is 412 g/mol. The van der Waals surface area contributed by atoms with Gasteiger partial charge in [0.15, 0.2) is 0 Å². The third-order valence-electron chi connectivity index (χ3n) is 4.47. The molecule has 1 aliphatic rings. The Bertz CT molecular complexity index is 830. The number of hydrogen-bond donors (Lipinski definition) is 2. The molecule has 0 saturated carbocycles. The number of nitrogens with one attached hydrogen (secondary N) is 1. The molecular weight excluding hydrogens is 389 g/mol. The van der Waals surface area contributed by atoms with Crippen LogP contribution >= 0.6 is 24.0 Å². The second kappa shape index (κ2) is 9.06. The molecule has 3 N–H and O–H groups in total. The van der Waals surface area contributed by atoms with Crippen molar-refractivity contribution in [3.05, 3.63) is 40.9 Å². The van der Waals surface area contributed by atoms with Crippen molar-refractivity contribution in [1.82, 2.24) is 0 Å². The second-order valence-electron chi connectivity index (χ2n) is 6.11. The van der Waals surface area contributed by atoms with Crippen molar-refractivity contribution >= 4 is 47.0 Å². The summed E-state index contributed by atoms with van der Waals surface area (Å²) < 4.78 is 10.5. The number of carbonyl (C=O) groups excluding carboxylic acids is 1. The Labute approximate surface area is 170 Å². The van der Waals surface area contributed by atoms with Crippen LogP contribution in [0.4, 0.5) is 17.1 Å². The zero-order valence-corrected chi connectivity index (χ0v) is 16.8. The molecule has 146 valence electrons. The highest BCUT2D eigenvalue weighted by atomic mass is 35.5. The number of nitrogen functional groups attached to an aromatic ring is 1. The molecule has 0 saturated heterocycles. The summed E-state index contributed by atoms with van der Waals surface area (Å²) in [7, 11) is 3.05. The number of hydrogen-bond acceptors (Lipinski definition) is 5. The highest BCUT2D eigenvalue weighted by Crippen LogP contribution is 2.36. The molecule has 3 rings (SSSR count). The zero-order chi connectivity index (χ0) is 18.7. The topological polar surface area (TPSA) is 76.8 Å². The van der Waals surface area contributed by atoms with E-state index in [0.717, 1.165) is 36.3 Å². The first-order valence-corrected chi connectivity index (χ1v) is 8.75. The van der Waals surface area contributed by atoms with E-state index in [1.165, 1.54) is 14.2 Å². The fourth-order valence-corrected chi connectivity index (χ4v) is 3.44. The smallest absolute Gasteiger partial charge is 0.243 e. The third kappa shape index (κ3) is 4.51. The van der Waals surface area contributed by atoms with E-state index in [-0.39, 0.29) is 24.9 Å². The monoisotopic (exact) mass is 411 g/mol. The number of fused-ring (bicyclic) bond motifs is 1. The number of carbonyl (C=O) groups is 1. The Hall–Kier alpha value is -2.31. The van der Waals surface area contributed by atoms with Gasteiger partial charge in [-0.2, -0.15) is 0 Å². The van der Waals surface area contributed by atoms with Crippen LogP contribution in [0.3, 0.4) is 0 Å². The molecule has 6 nitrogen and oxygen atoms in total. The van der Waals surface area contributed by atoms with E-state index >= 15 is 0 Å². The van der Waals surface area contributed by atoms with Crippen LogP contribution in [-0.2, 0) is 11.2 Å². The Morgan fingerprint density at radius 2 is 2.00 bits per heavy atom. The van der Waals surface area contributed by atoms with Crippen LogP contribution in [0.25, 0.3) is 0 Å². The van der Waals surface area contributed by atoms with E-state index in [1.54, 1.807) is 12.1 Å². The molecule has 8 heteroatoms. The number of rotatable bonds is 5. The number of nitrogens with two attached hydrogens (primary N) is 1. The number of halogens is 2. The van der Waals surface area contributed by atoms with Crippen LogP contribution in [-0.4, -0.2) is 33.2 Å². The third-order valence-corrected chi connectivity index (χ3v) is 4.76. The first kappa shape index (κ1) is 21.0. The quantitative estimate of drug-likeness (QED) is 0.732. The maximum absolute atomic E-state index is 12.6. The van der Waals surface area contributed by atoms with Crippen molar-refractivity contribution in [3.63, 3.8) is 0 Å². The molecule has 2 aromatic carbocycles. The first-order chi connectivity index (χ1) is 12.5. The van der Waals surface area contributed by atoms with Gasteiger partial charge in [0.2, 0.25) is 5.91 Å². The maximum atomic E-state index is 12.6. The molecule has 0 unspecified atom stereocenters. The molecular formula is C19H23Cl2N3O3. The van der Waals surface area contributed by atoms with Gasteiger partial charge in [0.05, 0.1) is 31.5 Å². The molecule has 0 fully saturated rings. The lowest BCUT2D eigenvalue weighted by Crippen LogP contribution is -2.37. The maximum Gasteiger partial charge on any atom is 0.243 e. The lowest BCUT2D eigenvalue weighted by Gasteiger charge is -2.31. The van der Waals surface area contributed by atoms with Gasteiger partial charge in [0.1, 0.15) is 11.5 Å². The Balaban J connectivity index is 0.00000261. The molecule has 2 aromatic rings. The van der Waals surface area contributed by atoms with Gasteiger partial charge in [-0.15, -0.1) is 12.4 Å². The van der Waals surface area contributed by atoms with E-state index in [2.05, 4.69) is 5.32 Å². The molecule has 0 aromatic heterocycles. The number of nitrogens with zero attached hydrogens (tertiary/aromatic N) is 1. The summed E-state index contributed by atoms with van der Waals surface area (Å²) in [6.07, 6.45) is 1.90.